The van der Waals surface area contributed by atoms with E-state index in [0.717, 1.165) is 36.2 Å². The van der Waals surface area contributed by atoms with E-state index >= 15 is 0 Å². The SMILES string of the molecule is CC(C)(C)[C@H](c1c(Br)ccc(N)c1O)N1CCNCC1. The summed E-state index contributed by atoms with van der Waals surface area (Å²) in [5.41, 5.74) is 7.24. The first kappa shape index (κ1) is 15.6. The summed E-state index contributed by atoms with van der Waals surface area (Å²) >= 11 is 3.58. The highest BCUT2D eigenvalue weighted by Gasteiger charge is 2.36. The molecule has 0 unspecified atom stereocenters. The number of anilines is 1. The number of phenols is 1. The van der Waals surface area contributed by atoms with Crippen molar-refractivity contribution in [2.45, 2.75) is 26.8 Å². The number of benzene rings is 1. The standard InChI is InChI=1S/C15H24BrN3O/c1-15(2,3)14(19-8-6-18-7-9-19)12-10(16)4-5-11(17)13(12)20/h4-5,14,18,20H,6-9,17H2,1-3H3/t14-/m0/s1. The van der Waals surface area contributed by atoms with Crippen LogP contribution in [0.5, 0.6) is 5.75 Å². The molecule has 5 heteroatoms. The largest absolute Gasteiger partial charge is 0.505 e. The quantitative estimate of drug-likeness (QED) is 0.571. The monoisotopic (exact) mass is 341 g/mol. The first-order valence-corrected chi connectivity index (χ1v) is 7.83. The van der Waals surface area contributed by atoms with Gasteiger partial charge in [-0.3, -0.25) is 4.90 Å². The van der Waals surface area contributed by atoms with Crippen molar-refractivity contribution in [2.75, 3.05) is 31.9 Å². The first-order valence-electron chi connectivity index (χ1n) is 7.04. The van der Waals surface area contributed by atoms with Crippen LogP contribution in [0.2, 0.25) is 0 Å². The second-order valence-corrected chi connectivity index (χ2v) is 7.31. The van der Waals surface area contributed by atoms with E-state index in [2.05, 4.69) is 46.9 Å². The predicted molar refractivity (Wildman–Crippen MR) is 86.9 cm³/mol. The van der Waals surface area contributed by atoms with Gasteiger partial charge in [0.05, 0.1) is 5.69 Å². The maximum atomic E-state index is 10.4. The second kappa shape index (κ2) is 5.92. The van der Waals surface area contributed by atoms with Crippen LogP contribution in [0.15, 0.2) is 16.6 Å². The summed E-state index contributed by atoms with van der Waals surface area (Å²) in [5, 5.41) is 13.8. The number of hydrogen-bond donors (Lipinski definition) is 3. The number of rotatable bonds is 2. The average molecular weight is 342 g/mol. The maximum Gasteiger partial charge on any atom is 0.144 e. The molecule has 1 atom stereocenters. The van der Waals surface area contributed by atoms with Crippen LogP contribution in [0.3, 0.4) is 0 Å². The molecule has 0 amide bonds. The highest BCUT2D eigenvalue weighted by Crippen LogP contribution is 2.46. The van der Waals surface area contributed by atoms with Crippen LogP contribution in [-0.4, -0.2) is 36.2 Å². The summed E-state index contributed by atoms with van der Waals surface area (Å²) < 4.78 is 0.919. The van der Waals surface area contributed by atoms with Crippen molar-refractivity contribution in [3.05, 3.63) is 22.2 Å². The van der Waals surface area contributed by atoms with Gasteiger partial charge in [-0.1, -0.05) is 36.7 Å². The summed E-state index contributed by atoms with van der Waals surface area (Å²) in [4.78, 5) is 2.43. The van der Waals surface area contributed by atoms with Crippen molar-refractivity contribution in [3.63, 3.8) is 0 Å². The minimum Gasteiger partial charge on any atom is -0.505 e. The van der Waals surface area contributed by atoms with E-state index in [1.54, 1.807) is 6.07 Å². The van der Waals surface area contributed by atoms with E-state index < -0.39 is 0 Å². The molecule has 4 N–H and O–H groups in total. The summed E-state index contributed by atoms with van der Waals surface area (Å²) in [6.45, 7) is 10.5. The van der Waals surface area contributed by atoms with Crippen molar-refractivity contribution < 1.29 is 5.11 Å². The molecule has 20 heavy (non-hydrogen) atoms. The summed E-state index contributed by atoms with van der Waals surface area (Å²) in [7, 11) is 0. The molecule has 1 aliphatic heterocycles. The summed E-state index contributed by atoms with van der Waals surface area (Å²) in [6.07, 6.45) is 0. The van der Waals surface area contributed by atoms with Gasteiger partial charge in [0.2, 0.25) is 0 Å². The van der Waals surface area contributed by atoms with Crippen LogP contribution in [-0.2, 0) is 0 Å². The number of halogens is 1. The Labute approximate surface area is 129 Å². The smallest absolute Gasteiger partial charge is 0.144 e. The van der Waals surface area contributed by atoms with Crippen LogP contribution in [0.25, 0.3) is 0 Å². The summed E-state index contributed by atoms with van der Waals surface area (Å²) in [5.74, 6) is 0.206. The zero-order valence-electron chi connectivity index (χ0n) is 12.4. The number of nitrogens with two attached hydrogens (primary N) is 1. The van der Waals surface area contributed by atoms with Gasteiger partial charge < -0.3 is 16.2 Å². The molecule has 0 radical (unpaired) electrons. The molecule has 4 nitrogen and oxygen atoms in total. The topological polar surface area (TPSA) is 61.5 Å². The number of hydrogen-bond acceptors (Lipinski definition) is 4. The van der Waals surface area contributed by atoms with Gasteiger partial charge in [0.15, 0.2) is 0 Å². The molecule has 112 valence electrons. The lowest BCUT2D eigenvalue weighted by molar-refractivity contribution is 0.0838. The molecule has 1 aliphatic rings. The van der Waals surface area contributed by atoms with Crippen molar-refractivity contribution in [2.24, 2.45) is 5.41 Å². The number of phenolic OH excluding ortho intramolecular Hbond substituents is 1. The highest BCUT2D eigenvalue weighted by molar-refractivity contribution is 9.10. The van der Waals surface area contributed by atoms with Crippen LogP contribution >= 0.6 is 15.9 Å². The third kappa shape index (κ3) is 3.10. The van der Waals surface area contributed by atoms with E-state index in [9.17, 15) is 5.11 Å². The molecule has 1 aromatic carbocycles. The van der Waals surface area contributed by atoms with Crippen molar-refractivity contribution >= 4 is 21.6 Å². The third-order valence-corrected chi connectivity index (χ3v) is 4.50. The predicted octanol–water partition coefficient (Wildman–Crippen LogP) is 2.73. The van der Waals surface area contributed by atoms with Crippen LogP contribution in [0.4, 0.5) is 5.69 Å². The zero-order chi connectivity index (χ0) is 14.9. The second-order valence-electron chi connectivity index (χ2n) is 6.45. The lowest BCUT2D eigenvalue weighted by Gasteiger charge is -2.43. The van der Waals surface area contributed by atoms with Gasteiger partial charge in [0.1, 0.15) is 5.75 Å². The Morgan fingerprint density at radius 2 is 1.90 bits per heavy atom. The molecule has 0 saturated carbocycles. The van der Waals surface area contributed by atoms with Gasteiger partial charge in [-0.25, -0.2) is 0 Å². The zero-order valence-corrected chi connectivity index (χ0v) is 14.0. The highest BCUT2D eigenvalue weighted by atomic mass is 79.9. The van der Waals surface area contributed by atoms with Gasteiger partial charge in [-0.05, 0) is 17.5 Å². The van der Waals surface area contributed by atoms with E-state index in [1.807, 2.05) is 6.07 Å². The van der Waals surface area contributed by atoms with Gasteiger partial charge >= 0.3 is 0 Å². The number of nitrogen functional groups attached to an aromatic ring is 1. The molecular formula is C15H24BrN3O. The molecule has 0 aromatic heterocycles. The fourth-order valence-corrected chi connectivity index (χ4v) is 3.50. The first-order chi connectivity index (χ1) is 9.32. The fourth-order valence-electron chi connectivity index (χ4n) is 2.96. The maximum absolute atomic E-state index is 10.4. The Hall–Kier alpha value is -0.780. The number of aromatic hydroxyl groups is 1. The Balaban J connectivity index is 2.49. The van der Waals surface area contributed by atoms with Crippen LogP contribution < -0.4 is 11.1 Å². The fraction of sp³-hybridized carbons (Fsp3) is 0.600. The molecule has 2 rings (SSSR count). The van der Waals surface area contributed by atoms with Crippen LogP contribution in [0, 0.1) is 5.41 Å². The molecule has 1 aromatic rings. The number of nitrogens with zero attached hydrogens (tertiary/aromatic N) is 1. The van der Waals surface area contributed by atoms with Crippen molar-refractivity contribution in [1.29, 1.82) is 0 Å². The lowest BCUT2D eigenvalue weighted by Crippen LogP contribution is -2.48. The number of nitrogens with one attached hydrogen (secondary N) is 1. The third-order valence-electron chi connectivity index (χ3n) is 3.81. The Kier molecular flexibility index (Phi) is 4.62. The number of piperazine rings is 1. The van der Waals surface area contributed by atoms with Gasteiger partial charge in [-0.15, -0.1) is 0 Å². The lowest BCUT2D eigenvalue weighted by atomic mass is 9.80. The van der Waals surface area contributed by atoms with Gasteiger partial charge in [0, 0.05) is 42.3 Å². The van der Waals surface area contributed by atoms with Gasteiger partial charge in [-0.2, -0.15) is 0 Å². The Bertz CT molecular complexity index is 479. The van der Waals surface area contributed by atoms with E-state index in [1.165, 1.54) is 0 Å². The molecule has 1 fully saturated rings. The molecule has 0 spiro atoms. The minimum atomic E-state index is 0.00509. The van der Waals surface area contributed by atoms with E-state index in [4.69, 9.17) is 5.73 Å². The molecular weight excluding hydrogens is 318 g/mol. The minimum absolute atomic E-state index is 0.00509. The van der Waals surface area contributed by atoms with Gasteiger partial charge in [0.25, 0.3) is 0 Å². The van der Waals surface area contributed by atoms with E-state index in [-0.39, 0.29) is 17.2 Å². The van der Waals surface area contributed by atoms with Crippen LogP contribution in [0.1, 0.15) is 32.4 Å². The average Bonchev–Trinajstić information content (AvgIpc) is 2.39. The van der Waals surface area contributed by atoms with E-state index in [0.29, 0.717) is 5.69 Å². The summed E-state index contributed by atoms with van der Waals surface area (Å²) in [6, 6.07) is 3.79. The molecule has 0 aliphatic carbocycles. The Morgan fingerprint density at radius 1 is 1.30 bits per heavy atom. The van der Waals surface area contributed by atoms with Crippen molar-refractivity contribution in [3.8, 4) is 5.75 Å². The molecule has 1 saturated heterocycles. The normalized spacial score (nSPS) is 19.0. The molecule has 0 bridgehead atoms. The molecule has 1 heterocycles. The Morgan fingerprint density at radius 3 is 2.45 bits per heavy atom. The van der Waals surface area contributed by atoms with Crippen molar-refractivity contribution in [1.82, 2.24) is 10.2 Å².